The Morgan fingerprint density at radius 2 is 1.71 bits per heavy atom. The quantitative estimate of drug-likeness (QED) is 0.424. The first-order valence-corrected chi connectivity index (χ1v) is 11.6. The van der Waals surface area contributed by atoms with Crippen molar-refractivity contribution in [2.24, 2.45) is 0 Å². The first kappa shape index (κ1) is 25.7. The molecule has 3 aromatic rings. The summed E-state index contributed by atoms with van der Waals surface area (Å²) in [5, 5.41) is 13.3. The molecule has 0 aliphatic heterocycles. The third-order valence-corrected chi connectivity index (χ3v) is 5.87. The monoisotopic (exact) mass is 492 g/mol. The van der Waals surface area contributed by atoms with Crippen molar-refractivity contribution in [2.75, 3.05) is 0 Å². The predicted octanol–water partition coefficient (Wildman–Crippen LogP) is 6.24. The van der Waals surface area contributed by atoms with E-state index in [-0.39, 0.29) is 13.0 Å². The zero-order valence-electron chi connectivity index (χ0n) is 19.1. The molecule has 0 spiro atoms. The van der Waals surface area contributed by atoms with Crippen LogP contribution in [0.1, 0.15) is 48.6 Å². The Morgan fingerprint density at radius 3 is 2.24 bits per heavy atom. The Morgan fingerprint density at radius 1 is 1.06 bits per heavy atom. The lowest BCUT2D eigenvalue weighted by Crippen LogP contribution is -2.46. The van der Waals surface area contributed by atoms with Gasteiger partial charge in [-0.1, -0.05) is 42.5 Å². The molecular weight excluding hydrogens is 465 g/mol. The summed E-state index contributed by atoms with van der Waals surface area (Å²) in [6, 6.07) is 13.1. The summed E-state index contributed by atoms with van der Waals surface area (Å²) in [6.07, 6.45) is -4.60. The van der Waals surface area contributed by atoms with Crippen LogP contribution < -0.4 is 0 Å². The molecule has 2 unspecified atom stereocenters. The maximum Gasteiger partial charge on any atom is 0.416 e. The smallest absolute Gasteiger partial charge is 0.416 e. The van der Waals surface area contributed by atoms with Gasteiger partial charge >= 0.3 is 12.3 Å². The first-order valence-electron chi connectivity index (χ1n) is 10.7. The van der Waals surface area contributed by atoms with Gasteiger partial charge in [-0.15, -0.1) is 11.3 Å². The third-order valence-electron chi connectivity index (χ3n) is 5.02. The number of carbonyl (C=O) groups is 1. The molecule has 0 bridgehead atoms. The summed E-state index contributed by atoms with van der Waals surface area (Å²) in [6.45, 7) is 5.37. The fourth-order valence-corrected chi connectivity index (χ4v) is 4.11. The minimum atomic E-state index is -4.45. The number of ether oxygens (including phenoxy) is 1. The van der Waals surface area contributed by atoms with Crippen LogP contribution in [0.15, 0.2) is 66.2 Å². The van der Waals surface area contributed by atoms with E-state index in [9.17, 15) is 23.1 Å². The number of halogens is 3. The summed E-state index contributed by atoms with van der Waals surface area (Å²) in [7, 11) is 0. The second-order valence-electron chi connectivity index (χ2n) is 8.88. The molecule has 2 atom stereocenters. The van der Waals surface area contributed by atoms with Crippen LogP contribution in [0.3, 0.4) is 0 Å². The van der Waals surface area contributed by atoms with Gasteiger partial charge in [0.05, 0.1) is 11.6 Å². The number of aliphatic hydroxyl groups is 1. The number of aromatic nitrogens is 1. The summed E-state index contributed by atoms with van der Waals surface area (Å²) in [5.41, 5.74) is -0.189. The molecule has 0 fully saturated rings. The van der Waals surface area contributed by atoms with Gasteiger partial charge in [-0.2, -0.15) is 13.2 Å². The molecule has 1 aromatic heterocycles. The number of hydrogen-bond donors (Lipinski definition) is 1. The third kappa shape index (κ3) is 7.04. The van der Waals surface area contributed by atoms with Crippen molar-refractivity contribution in [3.05, 3.63) is 87.9 Å². The molecule has 1 N–H and O–H groups in total. The molecule has 0 radical (unpaired) electrons. The zero-order valence-corrected chi connectivity index (χ0v) is 19.9. The van der Waals surface area contributed by atoms with E-state index in [1.54, 1.807) is 32.3 Å². The molecular formula is C25H27F3N2O3S. The number of amides is 1. The average molecular weight is 493 g/mol. The summed E-state index contributed by atoms with van der Waals surface area (Å²) in [5.74, 6) is 0. The van der Waals surface area contributed by atoms with Crippen LogP contribution in [0, 0.1) is 0 Å². The van der Waals surface area contributed by atoms with Gasteiger partial charge < -0.3 is 9.84 Å². The zero-order chi connectivity index (χ0) is 24.9. The van der Waals surface area contributed by atoms with Crippen LogP contribution in [0.5, 0.6) is 0 Å². The second-order valence-corrected chi connectivity index (χ2v) is 9.80. The van der Waals surface area contributed by atoms with E-state index in [0.717, 1.165) is 17.7 Å². The van der Waals surface area contributed by atoms with Crippen molar-refractivity contribution < 1.29 is 27.8 Å². The van der Waals surface area contributed by atoms with Gasteiger partial charge in [-0.3, -0.25) is 4.90 Å². The molecule has 0 saturated carbocycles. The lowest BCUT2D eigenvalue weighted by molar-refractivity contribution is -0.137. The van der Waals surface area contributed by atoms with Crippen LogP contribution in [0.25, 0.3) is 0 Å². The second kappa shape index (κ2) is 10.6. The van der Waals surface area contributed by atoms with E-state index >= 15 is 0 Å². The molecule has 3 rings (SSSR count). The highest BCUT2D eigenvalue weighted by atomic mass is 32.1. The van der Waals surface area contributed by atoms with E-state index in [2.05, 4.69) is 4.98 Å². The van der Waals surface area contributed by atoms with Gasteiger partial charge in [-0.05, 0) is 50.5 Å². The Labute approximate surface area is 200 Å². The molecule has 1 amide bonds. The summed E-state index contributed by atoms with van der Waals surface area (Å²) >= 11 is 1.24. The highest BCUT2D eigenvalue weighted by molar-refractivity contribution is 7.09. The minimum Gasteiger partial charge on any atom is -0.444 e. The number of nitrogens with zero attached hydrogens (tertiary/aromatic N) is 2. The van der Waals surface area contributed by atoms with Crippen LogP contribution in [-0.4, -0.2) is 32.7 Å². The lowest BCUT2D eigenvalue weighted by atomic mass is 9.98. The number of thiazole rings is 1. The van der Waals surface area contributed by atoms with Gasteiger partial charge in [0.15, 0.2) is 0 Å². The maximum absolute atomic E-state index is 13.3. The van der Waals surface area contributed by atoms with Crippen LogP contribution >= 0.6 is 11.3 Å². The van der Waals surface area contributed by atoms with Gasteiger partial charge in [-0.25, -0.2) is 9.78 Å². The van der Waals surface area contributed by atoms with E-state index in [1.807, 2.05) is 30.3 Å². The number of carbonyl (C=O) groups excluding carboxylic acids is 1. The Kier molecular flexibility index (Phi) is 7.99. The largest absolute Gasteiger partial charge is 0.444 e. The topological polar surface area (TPSA) is 62.7 Å². The molecule has 182 valence electrons. The summed E-state index contributed by atoms with van der Waals surface area (Å²) in [4.78, 5) is 18.9. The van der Waals surface area contributed by atoms with Gasteiger partial charge in [0.25, 0.3) is 0 Å². The molecule has 0 saturated heterocycles. The number of alkyl halides is 3. The molecule has 34 heavy (non-hydrogen) atoms. The molecule has 5 nitrogen and oxygen atoms in total. The van der Waals surface area contributed by atoms with Crippen LogP contribution in [0.2, 0.25) is 0 Å². The Hall–Kier alpha value is -2.91. The number of aliphatic hydroxyl groups excluding tert-OH is 1. The predicted molar refractivity (Wildman–Crippen MR) is 124 cm³/mol. The van der Waals surface area contributed by atoms with Crippen LogP contribution in [-0.2, 0) is 23.9 Å². The van der Waals surface area contributed by atoms with E-state index in [0.29, 0.717) is 10.6 Å². The number of benzene rings is 2. The fourth-order valence-electron chi connectivity index (χ4n) is 3.43. The van der Waals surface area contributed by atoms with Gasteiger partial charge in [0.1, 0.15) is 16.7 Å². The van der Waals surface area contributed by atoms with Gasteiger partial charge in [0.2, 0.25) is 0 Å². The Balaban J connectivity index is 1.99. The molecule has 0 aliphatic carbocycles. The number of hydrogen-bond acceptors (Lipinski definition) is 5. The molecule has 1 heterocycles. The van der Waals surface area contributed by atoms with Crippen molar-refractivity contribution >= 4 is 17.4 Å². The van der Waals surface area contributed by atoms with Crippen molar-refractivity contribution in [1.82, 2.24) is 9.88 Å². The highest BCUT2D eigenvalue weighted by Gasteiger charge is 2.35. The lowest BCUT2D eigenvalue weighted by Gasteiger charge is -2.36. The van der Waals surface area contributed by atoms with E-state index in [4.69, 9.17) is 4.74 Å². The molecule has 0 aliphatic rings. The molecule has 2 aromatic carbocycles. The van der Waals surface area contributed by atoms with E-state index in [1.165, 1.54) is 28.4 Å². The van der Waals surface area contributed by atoms with E-state index < -0.39 is 35.6 Å². The summed E-state index contributed by atoms with van der Waals surface area (Å²) < 4.78 is 44.7. The normalized spacial score (nSPS) is 13.9. The number of rotatable bonds is 7. The standard InChI is InChI=1S/C25H27F3N2O3S/c1-24(2,3)33-23(32)30(16-18-7-5-4-6-8-18)20(21(31)22-29-13-14-34-22)15-17-9-11-19(12-10-17)25(26,27)28/h4-14,20-21,31H,15-16H2,1-3H3. The average Bonchev–Trinajstić information content (AvgIpc) is 3.30. The minimum absolute atomic E-state index is 0.102. The first-order chi connectivity index (χ1) is 15.9. The molecule has 9 heteroatoms. The fraction of sp³-hybridized carbons (Fsp3) is 0.360. The highest BCUT2D eigenvalue weighted by Crippen LogP contribution is 2.31. The SMILES string of the molecule is CC(C)(C)OC(=O)N(Cc1ccccc1)C(Cc1ccc(C(F)(F)F)cc1)C(O)c1nccs1. The van der Waals surface area contributed by atoms with Crippen molar-refractivity contribution in [3.8, 4) is 0 Å². The van der Waals surface area contributed by atoms with Crippen molar-refractivity contribution in [3.63, 3.8) is 0 Å². The van der Waals surface area contributed by atoms with Crippen molar-refractivity contribution in [2.45, 2.75) is 57.7 Å². The van der Waals surface area contributed by atoms with Crippen LogP contribution in [0.4, 0.5) is 18.0 Å². The Bertz CT molecular complexity index is 1050. The maximum atomic E-state index is 13.3. The van der Waals surface area contributed by atoms with Gasteiger partial charge in [0, 0.05) is 18.1 Å². The van der Waals surface area contributed by atoms with Crippen molar-refractivity contribution in [1.29, 1.82) is 0 Å².